The summed E-state index contributed by atoms with van der Waals surface area (Å²) in [6.45, 7) is 5.42. The van der Waals surface area contributed by atoms with Crippen molar-refractivity contribution in [2.45, 2.75) is 26.7 Å². The number of nitro groups is 1. The van der Waals surface area contributed by atoms with E-state index in [9.17, 15) is 29.9 Å². The van der Waals surface area contributed by atoms with Gasteiger partial charge in [0.15, 0.2) is 0 Å². The first-order valence-electron chi connectivity index (χ1n) is 7.60. The Morgan fingerprint density at radius 3 is 2.08 bits per heavy atom. The van der Waals surface area contributed by atoms with Gasteiger partial charge < -0.3 is 15.1 Å². The Balaban J connectivity index is 2.79. The number of carboxylic acid groups (broad SMARTS) is 2. The van der Waals surface area contributed by atoms with E-state index in [1.165, 1.54) is 24.3 Å². The fourth-order valence-corrected chi connectivity index (χ4v) is 3.29. The summed E-state index contributed by atoms with van der Waals surface area (Å²) in [6, 6.07) is 5.42. The van der Waals surface area contributed by atoms with Gasteiger partial charge in [-0.1, -0.05) is 12.1 Å². The topological polar surface area (TPSA) is 121 Å². The lowest BCUT2D eigenvalue weighted by Gasteiger charge is -2.36. The molecule has 8 heteroatoms. The van der Waals surface area contributed by atoms with Crippen LogP contribution in [0.1, 0.15) is 32.3 Å². The molecule has 2 rings (SSSR count). The maximum absolute atomic E-state index is 11.9. The highest BCUT2D eigenvalue weighted by Gasteiger charge is 2.39. The lowest BCUT2D eigenvalue weighted by molar-refractivity contribution is -0.384. The third kappa shape index (κ3) is 3.10. The van der Waals surface area contributed by atoms with Crippen molar-refractivity contribution < 1.29 is 24.7 Å². The van der Waals surface area contributed by atoms with Gasteiger partial charge in [-0.3, -0.25) is 10.1 Å². The van der Waals surface area contributed by atoms with Gasteiger partial charge in [0.2, 0.25) is 0 Å². The summed E-state index contributed by atoms with van der Waals surface area (Å²) in [4.78, 5) is 35.8. The SMILES string of the molecule is CCN1C(C)=C(C(=O)O)C(c2cccc([N+](=O)[O-])c2)C(C(=O)O)=C1C. The van der Waals surface area contributed by atoms with Gasteiger partial charge >= 0.3 is 11.9 Å². The molecule has 0 unspecified atom stereocenters. The predicted molar refractivity (Wildman–Crippen MR) is 88.9 cm³/mol. The Kier molecular flexibility index (Phi) is 4.92. The molecular formula is C17H18N2O6. The number of non-ortho nitro benzene ring substituents is 1. The van der Waals surface area contributed by atoms with Gasteiger partial charge in [-0.05, 0) is 26.3 Å². The van der Waals surface area contributed by atoms with Crippen LogP contribution in [0.15, 0.2) is 46.8 Å². The molecule has 0 aromatic heterocycles. The van der Waals surface area contributed by atoms with Crippen LogP contribution in [0.25, 0.3) is 0 Å². The Bertz CT molecular complexity index is 786. The molecule has 0 saturated carbocycles. The average molecular weight is 346 g/mol. The molecule has 0 bridgehead atoms. The molecule has 0 atom stereocenters. The second-order valence-corrected chi connectivity index (χ2v) is 5.64. The standard InChI is InChI=1S/C17H18N2O6/c1-4-18-9(2)13(16(20)21)15(14(10(18)3)17(22)23)11-6-5-7-12(8-11)19(24)25/h5-8,15H,4H2,1-3H3,(H,20,21)(H,22,23). The van der Waals surface area contributed by atoms with E-state index in [0.29, 0.717) is 17.9 Å². The summed E-state index contributed by atoms with van der Waals surface area (Å²) in [5, 5.41) is 30.4. The zero-order valence-corrected chi connectivity index (χ0v) is 14.0. The van der Waals surface area contributed by atoms with E-state index in [1.54, 1.807) is 25.7 Å². The van der Waals surface area contributed by atoms with Gasteiger partial charge in [-0.2, -0.15) is 0 Å². The second-order valence-electron chi connectivity index (χ2n) is 5.64. The van der Waals surface area contributed by atoms with Crippen LogP contribution < -0.4 is 0 Å². The minimum Gasteiger partial charge on any atom is -0.478 e. The fraction of sp³-hybridized carbons (Fsp3) is 0.294. The number of rotatable bonds is 5. The Hall–Kier alpha value is -3.16. The molecule has 0 aliphatic carbocycles. The number of allylic oxidation sites excluding steroid dienone is 2. The minimum atomic E-state index is -1.25. The van der Waals surface area contributed by atoms with Crippen LogP contribution in [-0.4, -0.2) is 38.5 Å². The van der Waals surface area contributed by atoms with Crippen LogP contribution >= 0.6 is 0 Å². The molecule has 1 aliphatic heterocycles. The van der Waals surface area contributed by atoms with Gasteiger partial charge in [-0.15, -0.1) is 0 Å². The summed E-state index contributed by atoms with van der Waals surface area (Å²) in [7, 11) is 0. The van der Waals surface area contributed by atoms with Crippen molar-refractivity contribution in [1.29, 1.82) is 0 Å². The zero-order valence-electron chi connectivity index (χ0n) is 14.0. The van der Waals surface area contributed by atoms with Crippen LogP contribution in [0, 0.1) is 10.1 Å². The molecule has 25 heavy (non-hydrogen) atoms. The summed E-state index contributed by atoms with van der Waals surface area (Å²) in [5.41, 5.74) is 0.706. The van der Waals surface area contributed by atoms with Crippen molar-refractivity contribution in [3.05, 3.63) is 62.5 Å². The molecule has 0 radical (unpaired) electrons. The van der Waals surface area contributed by atoms with E-state index in [0.717, 1.165) is 0 Å². The zero-order chi connectivity index (χ0) is 18.9. The molecule has 1 aromatic rings. The molecule has 0 amide bonds. The first-order chi connectivity index (χ1) is 11.7. The highest BCUT2D eigenvalue weighted by molar-refractivity contribution is 5.98. The number of carbonyl (C=O) groups is 2. The van der Waals surface area contributed by atoms with E-state index in [-0.39, 0.29) is 22.4 Å². The number of hydrogen-bond acceptors (Lipinski definition) is 5. The summed E-state index contributed by atoms with van der Waals surface area (Å²) >= 11 is 0. The quantitative estimate of drug-likeness (QED) is 0.621. The molecule has 1 heterocycles. The fourth-order valence-electron chi connectivity index (χ4n) is 3.29. The Morgan fingerprint density at radius 2 is 1.68 bits per heavy atom. The highest BCUT2D eigenvalue weighted by Crippen LogP contribution is 2.42. The number of carboxylic acids is 2. The van der Waals surface area contributed by atoms with Crippen molar-refractivity contribution >= 4 is 17.6 Å². The lowest BCUT2D eigenvalue weighted by atomic mass is 9.79. The van der Waals surface area contributed by atoms with Gasteiger partial charge in [0.25, 0.3) is 5.69 Å². The van der Waals surface area contributed by atoms with Gasteiger partial charge in [0.05, 0.1) is 22.0 Å². The van der Waals surface area contributed by atoms with Crippen molar-refractivity contribution in [3.8, 4) is 0 Å². The lowest BCUT2D eigenvalue weighted by Crippen LogP contribution is -2.34. The van der Waals surface area contributed by atoms with Crippen LogP contribution in [0.4, 0.5) is 5.69 Å². The maximum atomic E-state index is 11.9. The molecule has 0 saturated heterocycles. The van der Waals surface area contributed by atoms with Crippen LogP contribution in [-0.2, 0) is 9.59 Å². The molecule has 1 aromatic carbocycles. The van der Waals surface area contributed by atoms with Crippen molar-refractivity contribution in [2.75, 3.05) is 6.54 Å². The molecule has 132 valence electrons. The monoisotopic (exact) mass is 346 g/mol. The summed E-state index contributed by atoms with van der Waals surface area (Å²) < 4.78 is 0. The van der Waals surface area contributed by atoms with E-state index >= 15 is 0 Å². The maximum Gasteiger partial charge on any atom is 0.334 e. The first-order valence-corrected chi connectivity index (χ1v) is 7.60. The normalized spacial score (nSPS) is 15.6. The molecule has 1 aliphatic rings. The number of nitrogens with zero attached hydrogens (tertiary/aromatic N) is 2. The van der Waals surface area contributed by atoms with Crippen molar-refractivity contribution in [1.82, 2.24) is 4.90 Å². The van der Waals surface area contributed by atoms with Crippen LogP contribution in [0.2, 0.25) is 0 Å². The number of hydrogen-bond donors (Lipinski definition) is 2. The highest BCUT2D eigenvalue weighted by atomic mass is 16.6. The van der Waals surface area contributed by atoms with Gasteiger partial charge in [0, 0.05) is 30.1 Å². The van der Waals surface area contributed by atoms with E-state index in [4.69, 9.17) is 0 Å². The third-order valence-corrected chi connectivity index (χ3v) is 4.36. The molecule has 2 N–H and O–H groups in total. The number of nitro benzene ring substituents is 1. The second kappa shape index (κ2) is 6.76. The summed E-state index contributed by atoms with van der Waals surface area (Å²) in [5.74, 6) is -3.59. The smallest absolute Gasteiger partial charge is 0.334 e. The van der Waals surface area contributed by atoms with E-state index in [2.05, 4.69) is 0 Å². The Labute approximate surface area is 143 Å². The van der Waals surface area contributed by atoms with Gasteiger partial charge in [-0.25, -0.2) is 9.59 Å². The first kappa shape index (κ1) is 18.2. The number of benzene rings is 1. The third-order valence-electron chi connectivity index (χ3n) is 4.36. The molecular weight excluding hydrogens is 328 g/mol. The van der Waals surface area contributed by atoms with Gasteiger partial charge in [0.1, 0.15) is 0 Å². The largest absolute Gasteiger partial charge is 0.478 e. The van der Waals surface area contributed by atoms with Crippen molar-refractivity contribution in [3.63, 3.8) is 0 Å². The predicted octanol–water partition coefficient (Wildman–Crippen LogP) is 2.73. The molecule has 0 fully saturated rings. The Morgan fingerprint density at radius 1 is 1.16 bits per heavy atom. The van der Waals surface area contributed by atoms with Crippen LogP contribution in [0.5, 0.6) is 0 Å². The van der Waals surface area contributed by atoms with E-state index in [1.807, 2.05) is 0 Å². The number of aliphatic carboxylic acids is 2. The summed E-state index contributed by atoms with van der Waals surface area (Å²) in [6.07, 6.45) is 0. The molecule has 8 nitrogen and oxygen atoms in total. The molecule has 0 spiro atoms. The van der Waals surface area contributed by atoms with Crippen molar-refractivity contribution in [2.24, 2.45) is 0 Å². The average Bonchev–Trinajstić information content (AvgIpc) is 2.53. The van der Waals surface area contributed by atoms with Crippen LogP contribution in [0.3, 0.4) is 0 Å². The minimum absolute atomic E-state index is 0.0923. The van der Waals surface area contributed by atoms with E-state index < -0.39 is 22.8 Å².